The van der Waals surface area contributed by atoms with Gasteiger partial charge in [0.15, 0.2) is 0 Å². The van der Waals surface area contributed by atoms with E-state index in [1.807, 2.05) is 0 Å². The van der Waals surface area contributed by atoms with Gasteiger partial charge in [0.05, 0.1) is 0 Å². The minimum atomic E-state index is -3.72. The van der Waals surface area contributed by atoms with Crippen LogP contribution in [0.2, 0.25) is 0 Å². The third-order valence-electron chi connectivity index (χ3n) is 4.07. The van der Waals surface area contributed by atoms with Gasteiger partial charge in [0.1, 0.15) is 15.9 Å². The second kappa shape index (κ2) is 7.51. The quantitative estimate of drug-likeness (QED) is 0.674. The molecule has 1 aliphatic rings. The standard InChI is InChI=1S/C15H17BrN4O4S2/c1-19-9-10(16)8-12(19)15(22)18-17-14(21)11-4-2-6-20(11)26(23,24)13-5-3-7-25-13/h3,5,7-9,11H,2,4,6H2,1H3,(H,17,21)(H,18,22). The van der Waals surface area contributed by atoms with Crippen LogP contribution in [0.5, 0.6) is 0 Å². The Bertz CT molecular complexity index is 924. The van der Waals surface area contributed by atoms with Crippen molar-refractivity contribution in [1.82, 2.24) is 19.7 Å². The number of carbonyl (C=O) groups is 2. The van der Waals surface area contributed by atoms with Crippen LogP contribution in [-0.2, 0) is 21.9 Å². The molecule has 0 bridgehead atoms. The maximum absolute atomic E-state index is 12.7. The zero-order valence-corrected chi connectivity index (χ0v) is 17.0. The highest BCUT2D eigenvalue weighted by atomic mass is 79.9. The molecule has 26 heavy (non-hydrogen) atoms. The van der Waals surface area contributed by atoms with E-state index in [-0.39, 0.29) is 10.8 Å². The van der Waals surface area contributed by atoms with E-state index in [2.05, 4.69) is 26.8 Å². The molecule has 2 aromatic rings. The lowest BCUT2D eigenvalue weighted by atomic mass is 10.2. The molecule has 3 heterocycles. The Morgan fingerprint density at radius 2 is 2.12 bits per heavy atom. The molecule has 140 valence electrons. The molecule has 1 atom stereocenters. The Labute approximate surface area is 163 Å². The van der Waals surface area contributed by atoms with Crippen LogP contribution in [0.1, 0.15) is 23.3 Å². The van der Waals surface area contributed by atoms with E-state index in [9.17, 15) is 18.0 Å². The monoisotopic (exact) mass is 460 g/mol. The number of carbonyl (C=O) groups excluding carboxylic acids is 2. The van der Waals surface area contributed by atoms with Gasteiger partial charge in [0.2, 0.25) is 0 Å². The summed E-state index contributed by atoms with van der Waals surface area (Å²) in [6.45, 7) is 0.275. The molecular formula is C15H17BrN4O4S2. The average molecular weight is 461 g/mol. The number of aryl methyl sites for hydroxylation is 1. The SMILES string of the molecule is Cn1cc(Br)cc1C(=O)NNC(=O)C1CCCN1S(=O)(=O)c1cccs1. The normalized spacial score (nSPS) is 18.0. The summed E-state index contributed by atoms with van der Waals surface area (Å²) in [4.78, 5) is 24.6. The summed E-state index contributed by atoms with van der Waals surface area (Å²) in [6.07, 6.45) is 2.70. The summed E-state index contributed by atoms with van der Waals surface area (Å²) in [5.41, 5.74) is 5.03. The molecule has 3 rings (SSSR count). The number of aromatic nitrogens is 1. The molecule has 1 saturated heterocycles. The van der Waals surface area contributed by atoms with E-state index in [1.54, 1.807) is 35.3 Å². The molecule has 1 fully saturated rings. The van der Waals surface area contributed by atoms with E-state index in [1.165, 1.54) is 10.4 Å². The Kier molecular flexibility index (Phi) is 5.51. The van der Waals surface area contributed by atoms with Gasteiger partial charge >= 0.3 is 0 Å². The van der Waals surface area contributed by atoms with Crippen molar-refractivity contribution >= 4 is 49.1 Å². The van der Waals surface area contributed by atoms with Gasteiger partial charge in [-0.25, -0.2) is 8.42 Å². The molecule has 0 aromatic carbocycles. The maximum atomic E-state index is 12.7. The Morgan fingerprint density at radius 1 is 1.35 bits per heavy atom. The van der Waals surface area contributed by atoms with Crippen LogP contribution in [0, 0.1) is 0 Å². The molecule has 1 unspecified atom stereocenters. The number of sulfonamides is 1. The van der Waals surface area contributed by atoms with E-state index in [0.29, 0.717) is 18.5 Å². The predicted octanol–water partition coefficient (Wildman–Crippen LogP) is 1.46. The first-order chi connectivity index (χ1) is 12.3. The molecule has 0 saturated carbocycles. The number of hydrogen-bond donors (Lipinski definition) is 2. The van der Waals surface area contributed by atoms with Crippen LogP contribution < -0.4 is 10.9 Å². The molecule has 0 spiro atoms. The smallest absolute Gasteiger partial charge is 0.286 e. The van der Waals surface area contributed by atoms with Crippen LogP contribution in [0.4, 0.5) is 0 Å². The maximum Gasteiger partial charge on any atom is 0.286 e. The lowest BCUT2D eigenvalue weighted by Gasteiger charge is -2.22. The van der Waals surface area contributed by atoms with Crippen LogP contribution in [-0.4, -0.2) is 41.7 Å². The predicted molar refractivity (Wildman–Crippen MR) is 100.0 cm³/mol. The molecule has 2 aromatic heterocycles. The fraction of sp³-hybridized carbons (Fsp3) is 0.333. The summed E-state index contributed by atoms with van der Waals surface area (Å²) in [6, 6.07) is 3.94. The third kappa shape index (κ3) is 3.70. The zero-order valence-electron chi connectivity index (χ0n) is 13.8. The van der Waals surface area contributed by atoms with Gasteiger partial charge in [-0.3, -0.25) is 20.4 Å². The van der Waals surface area contributed by atoms with Gasteiger partial charge in [0.25, 0.3) is 21.8 Å². The highest BCUT2D eigenvalue weighted by molar-refractivity contribution is 9.10. The van der Waals surface area contributed by atoms with Crippen molar-refractivity contribution in [3.63, 3.8) is 0 Å². The first-order valence-corrected chi connectivity index (χ1v) is 10.9. The Hall–Kier alpha value is -1.69. The van der Waals surface area contributed by atoms with Crippen molar-refractivity contribution in [2.45, 2.75) is 23.1 Å². The van der Waals surface area contributed by atoms with Gasteiger partial charge in [-0.1, -0.05) is 6.07 Å². The lowest BCUT2D eigenvalue weighted by molar-refractivity contribution is -0.125. The molecule has 11 heteroatoms. The summed E-state index contributed by atoms with van der Waals surface area (Å²) >= 11 is 4.38. The van der Waals surface area contributed by atoms with Crippen LogP contribution in [0.25, 0.3) is 0 Å². The van der Waals surface area contributed by atoms with Crippen molar-refractivity contribution < 1.29 is 18.0 Å². The van der Waals surface area contributed by atoms with Crippen molar-refractivity contribution in [1.29, 1.82) is 0 Å². The number of hydrogen-bond acceptors (Lipinski definition) is 5. The minimum absolute atomic E-state index is 0.204. The van der Waals surface area contributed by atoms with Crippen LogP contribution in [0.3, 0.4) is 0 Å². The minimum Gasteiger partial charge on any atom is -0.345 e. The summed E-state index contributed by atoms with van der Waals surface area (Å²) in [5, 5.41) is 1.68. The number of rotatable bonds is 4. The van der Waals surface area contributed by atoms with Gasteiger partial charge in [-0.15, -0.1) is 11.3 Å². The topological polar surface area (TPSA) is 101 Å². The van der Waals surface area contributed by atoms with Gasteiger partial charge in [-0.05, 0) is 46.3 Å². The number of hydrazine groups is 1. The summed E-state index contributed by atoms with van der Waals surface area (Å²) < 4.78 is 29.1. The van der Waals surface area contributed by atoms with E-state index in [0.717, 1.165) is 15.8 Å². The first kappa shape index (κ1) is 19.1. The van der Waals surface area contributed by atoms with Crippen LogP contribution >= 0.6 is 27.3 Å². The van der Waals surface area contributed by atoms with Crippen LogP contribution in [0.15, 0.2) is 38.5 Å². The number of nitrogens with one attached hydrogen (secondary N) is 2. The van der Waals surface area contributed by atoms with Crippen molar-refractivity contribution in [3.8, 4) is 0 Å². The number of amides is 2. The first-order valence-electron chi connectivity index (χ1n) is 7.78. The molecular weight excluding hydrogens is 444 g/mol. The zero-order chi connectivity index (χ0) is 18.9. The fourth-order valence-corrected chi connectivity index (χ4v) is 6.13. The number of thiophene rings is 1. The lowest BCUT2D eigenvalue weighted by Crippen LogP contribution is -2.51. The number of nitrogens with zero attached hydrogens (tertiary/aromatic N) is 2. The molecule has 2 N–H and O–H groups in total. The second-order valence-electron chi connectivity index (χ2n) is 5.80. The Morgan fingerprint density at radius 3 is 2.73 bits per heavy atom. The summed E-state index contributed by atoms with van der Waals surface area (Å²) in [5.74, 6) is -1.04. The van der Waals surface area contributed by atoms with Gasteiger partial charge in [-0.2, -0.15) is 4.31 Å². The summed E-state index contributed by atoms with van der Waals surface area (Å²) in [7, 11) is -2.01. The number of halogens is 1. The molecule has 8 nitrogen and oxygen atoms in total. The van der Waals surface area contributed by atoms with Crippen molar-refractivity contribution in [2.24, 2.45) is 7.05 Å². The van der Waals surface area contributed by atoms with Gasteiger partial charge < -0.3 is 4.57 Å². The molecule has 0 radical (unpaired) electrons. The molecule has 0 aliphatic carbocycles. The van der Waals surface area contributed by atoms with Crippen molar-refractivity contribution in [3.05, 3.63) is 39.9 Å². The van der Waals surface area contributed by atoms with E-state index >= 15 is 0 Å². The third-order valence-corrected chi connectivity index (χ3v) is 7.78. The van der Waals surface area contributed by atoms with E-state index in [4.69, 9.17) is 0 Å². The highest BCUT2D eigenvalue weighted by Crippen LogP contribution is 2.28. The Balaban J connectivity index is 1.67. The van der Waals surface area contributed by atoms with Gasteiger partial charge in [0, 0.05) is 24.3 Å². The van der Waals surface area contributed by atoms with Crippen molar-refractivity contribution in [2.75, 3.05) is 6.54 Å². The highest BCUT2D eigenvalue weighted by Gasteiger charge is 2.40. The second-order valence-corrected chi connectivity index (χ2v) is 9.78. The molecule has 2 amide bonds. The largest absolute Gasteiger partial charge is 0.345 e. The fourth-order valence-electron chi connectivity index (χ4n) is 2.83. The van der Waals surface area contributed by atoms with E-state index < -0.39 is 27.9 Å². The molecule has 1 aliphatic heterocycles. The average Bonchev–Trinajstić information content (AvgIpc) is 3.32.